The molecular formula is C40H47BrN4O7S. The minimum Gasteiger partial charge on any atom is -0.490 e. The maximum Gasteiger partial charge on any atom is 0.415 e. The molecule has 1 aliphatic heterocycles. The van der Waals surface area contributed by atoms with Crippen LogP contribution in [0.2, 0.25) is 0 Å². The SMILES string of the molecule is CCOC(=O)/C=C/c1c(N(Cc2cccc(-c3ncc(OCC4CCN(C(=O)OC(C)(C)C)CC4)cn3)c2)C(=O)OC(C)(C)C)sc2ccc(Br)cc12. The molecule has 282 valence electrons. The van der Waals surface area contributed by atoms with Gasteiger partial charge in [-0.25, -0.2) is 24.4 Å². The van der Waals surface area contributed by atoms with Gasteiger partial charge < -0.3 is 23.8 Å². The van der Waals surface area contributed by atoms with Crippen LogP contribution in [0.3, 0.4) is 0 Å². The second-order valence-corrected chi connectivity index (χ2v) is 16.7. The predicted molar refractivity (Wildman–Crippen MR) is 211 cm³/mol. The predicted octanol–water partition coefficient (Wildman–Crippen LogP) is 9.66. The van der Waals surface area contributed by atoms with Crippen molar-refractivity contribution in [1.29, 1.82) is 0 Å². The van der Waals surface area contributed by atoms with Crippen molar-refractivity contribution >= 4 is 66.6 Å². The third-order valence-corrected chi connectivity index (χ3v) is 9.81. The van der Waals surface area contributed by atoms with Crippen LogP contribution in [0.15, 0.2) is 65.4 Å². The molecule has 0 saturated carbocycles. The van der Waals surface area contributed by atoms with Gasteiger partial charge in [-0.2, -0.15) is 0 Å². The molecule has 1 fully saturated rings. The van der Waals surface area contributed by atoms with Gasteiger partial charge in [-0.1, -0.05) is 34.1 Å². The number of fused-ring (bicyclic) bond motifs is 1. The Balaban J connectivity index is 1.32. The number of ether oxygens (including phenoxy) is 4. The zero-order valence-electron chi connectivity index (χ0n) is 31.3. The molecular weight excluding hydrogens is 760 g/mol. The van der Waals surface area contributed by atoms with Gasteiger partial charge in [-0.15, -0.1) is 11.3 Å². The highest BCUT2D eigenvalue weighted by molar-refractivity contribution is 9.10. The summed E-state index contributed by atoms with van der Waals surface area (Å²) in [6.45, 7) is 15.0. The zero-order chi connectivity index (χ0) is 38.3. The van der Waals surface area contributed by atoms with Crippen molar-refractivity contribution in [2.75, 3.05) is 31.2 Å². The average molecular weight is 808 g/mol. The summed E-state index contributed by atoms with van der Waals surface area (Å²) in [4.78, 5) is 51.2. The maximum atomic E-state index is 13.9. The lowest BCUT2D eigenvalue weighted by Crippen LogP contribution is -2.42. The van der Waals surface area contributed by atoms with Gasteiger partial charge in [-0.05, 0) is 103 Å². The molecule has 13 heteroatoms. The van der Waals surface area contributed by atoms with Crippen LogP contribution in [0.25, 0.3) is 27.6 Å². The number of anilines is 1. The number of thiophene rings is 1. The summed E-state index contributed by atoms with van der Waals surface area (Å²) in [6.07, 6.45) is 7.25. The summed E-state index contributed by atoms with van der Waals surface area (Å²) in [6, 6.07) is 13.6. The van der Waals surface area contributed by atoms with Gasteiger partial charge in [0.2, 0.25) is 0 Å². The molecule has 0 N–H and O–H groups in total. The van der Waals surface area contributed by atoms with Gasteiger partial charge in [0.1, 0.15) is 16.2 Å². The van der Waals surface area contributed by atoms with Gasteiger partial charge in [0.25, 0.3) is 0 Å². The topological polar surface area (TPSA) is 120 Å². The molecule has 3 heterocycles. The summed E-state index contributed by atoms with van der Waals surface area (Å²) in [5.74, 6) is 0.914. The van der Waals surface area contributed by atoms with Crippen molar-refractivity contribution in [2.24, 2.45) is 5.92 Å². The van der Waals surface area contributed by atoms with E-state index in [-0.39, 0.29) is 19.2 Å². The van der Waals surface area contributed by atoms with Crippen LogP contribution in [-0.2, 0) is 25.5 Å². The maximum absolute atomic E-state index is 13.9. The number of esters is 1. The van der Waals surface area contributed by atoms with E-state index in [1.54, 1.807) is 35.2 Å². The molecule has 0 radical (unpaired) electrons. The van der Waals surface area contributed by atoms with E-state index in [0.717, 1.165) is 38.5 Å². The number of nitrogens with zero attached hydrogens (tertiary/aromatic N) is 4. The third-order valence-electron chi connectivity index (χ3n) is 8.11. The van der Waals surface area contributed by atoms with Crippen molar-refractivity contribution in [3.63, 3.8) is 0 Å². The number of benzene rings is 2. The molecule has 1 aliphatic rings. The number of aromatic nitrogens is 2. The number of likely N-dealkylation sites (tertiary alicyclic amines) is 1. The zero-order valence-corrected chi connectivity index (χ0v) is 33.7. The number of carbonyl (C=O) groups excluding carboxylic acids is 3. The lowest BCUT2D eigenvalue weighted by Gasteiger charge is -2.33. The molecule has 2 aromatic carbocycles. The summed E-state index contributed by atoms with van der Waals surface area (Å²) in [7, 11) is 0. The van der Waals surface area contributed by atoms with Crippen molar-refractivity contribution < 1.29 is 33.3 Å². The van der Waals surface area contributed by atoms with E-state index in [1.165, 1.54) is 17.4 Å². The lowest BCUT2D eigenvalue weighted by molar-refractivity contribution is -0.137. The van der Waals surface area contributed by atoms with E-state index < -0.39 is 23.3 Å². The summed E-state index contributed by atoms with van der Waals surface area (Å²) in [5.41, 5.74) is 1.04. The first-order valence-electron chi connectivity index (χ1n) is 17.7. The number of amides is 2. The highest BCUT2D eigenvalue weighted by atomic mass is 79.9. The highest BCUT2D eigenvalue weighted by Crippen LogP contribution is 2.42. The molecule has 0 unspecified atom stereocenters. The molecule has 1 saturated heterocycles. The van der Waals surface area contributed by atoms with Crippen molar-refractivity contribution in [2.45, 2.75) is 79.1 Å². The fraction of sp³-hybridized carbons (Fsp3) is 0.425. The monoisotopic (exact) mass is 806 g/mol. The van der Waals surface area contributed by atoms with Gasteiger partial charge >= 0.3 is 18.2 Å². The van der Waals surface area contributed by atoms with Crippen LogP contribution in [0.5, 0.6) is 5.75 Å². The highest BCUT2D eigenvalue weighted by Gasteiger charge is 2.29. The Morgan fingerprint density at radius 2 is 1.68 bits per heavy atom. The second kappa shape index (κ2) is 17.1. The normalized spacial score (nSPS) is 14.0. The van der Waals surface area contributed by atoms with Gasteiger partial charge in [0, 0.05) is 44.9 Å². The summed E-state index contributed by atoms with van der Waals surface area (Å²) in [5, 5.41) is 1.51. The number of hydrogen-bond acceptors (Lipinski definition) is 10. The van der Waals surface area contributed by atoms with Crippen molar-refractivity contribution in [3.05, 3.63) is 76.5 Å². The van der Waals surface area contributed by atoms with Crippen LogP contribution in [0, 0.1) is 5.92 Å². The molecule has 0 bridgehead atoms. The Kier molecular flexibility index (Phi) is 12.8. The first-order chi connectivity index (χ1) is 25.1. The number of piperidine rings is 1. The third kappa shape index (κ3) is 11.3. The molecule has 53 heavy (non-hydrogen) atoms. The van der Waals surface area contributed by atoms with Crippen molar-refractivity contribution in [1.82, 2.24) is 14.9 Å². The molecule has 0 spiro atoms. The Hall–Kier alpha value is -4.49. The molecule has 0 aliphatic carbocycles. The molecule has 0 atom stereocenters. The number of rotatable bonds is 10. The average Bonchev–Trinajstić information content (AvgIpc) is 3.45. The largest absolute Gasteiger partial charge is 0.490 e. The van der Waals surface area contributed by atoms with Crippen LogP contribution in [0.4, 0.5) is 14.6 Å². The molecule has 2 aromatic heterocycles. The van der Waals surface area contributed by atoms with Gasteiger partial charge in [0.15, 0.2) is 11.6 Å². The minimum absolute atomic E-state index is 0.185. The second-order valence-electron chi connectivity index (χ2n) is 14.8. The van der Waals surface area contributed by atoms with E-state index in [4.69, 9.17) is 18.9 Å². The Labute approximate surface area is 323 Å². The lowest BCUT2D eigenvalue weighted by atomic mass is 9.98. The molecule has 2 amide bonds. The Morgan fingerprint density at radius 3 is 2.34 bits per heavy atom. The van der Waals surface area contributed by atoms with E-state index in [1.807, 2.05) is 84.0 Å². The Morgan fingerprint density at radius 1 is 0.981 bits per heavy atom. The molecule has 4 aromatic rings. The van der Waals surface area contributed by atoms with Gasteiger partial charge in [-0.3, -0.25) is 4.90 Å². The fourth-order valence-electron chi connectivity index (χ4n) is 5.67. The van der Waals surface area contributed by atoms with Crippen LogP contribution >= 0.6 is 27.3 Å². The van der Waals surface area contributed by atoms with E-state index >= 15 is 0 Å². The first kappa shape index (κ1) is 39.7. The number of halogens is 1. The minimum atomic E-state index is -0.743. The van der Waals surface area contributed by atoms with Crippen LogP contribution in [-0.4, -0.2) is 70.5 Å². The van der Waals surface area contributed by atoms with E-state index in [2.05, 4.69) is 25.9 Å². The molecule has 5 rings (SSSR count). The Bertz CT molecular complexity index is 1940. The fourth-order valence-corrected chi connectivity index (χ4v) is 7.19. The quantitative estimate of drug-likeness (QED) is 0.0877. The van der Waals surface area contributed by atoms with Crippen LogP contribution < -0.4 is 9.64 Å². The van der Waals surface area contributed by atoms with Crippen molar-refractivity contribution in [3.8, 4) is 17.1 Å². The summed E-state index contributed by atoms with van der Waals surface area (Å²) < 4.78 is 24.4. The first-order valence-corrected chi connectivity index (χ1v) is 19.3. The van der Waals surface area contributed by atoms with Gasteiger partial charge in [0.05, 0.1) is 32.2 Å². The molecule has 11 nitrogen and oxygen atoms in total. The van der Waals surface area contributed by atoms with E-state index in [9.17, 15) is 14.4 Å². The number of carbonyl (C=O) groups is 3. The number of hydrogen-bond donors (Lipinski definition) is 0. The van der Waals surface area contributed by atoms with E-state index in [0.29, 0.717) is 47.8 Å². The summed E-state index contributed by atoms with van der Waals surface area (Å²) >= 11 is 5.00. The van der Waals surface area contributed by atoms with Crippen LogP contribution in [0.1, 0.15) is 72.4 Å². The standard InChI is InChI=1S/C40H47BrN4O7S/c1-8-49-34(46)15-13-31-32-21-29(41)12-14-33(32)53-36(31)45(38(48)52-40(5,6)7)24-27-10-9-11-28(20-27)35-42-22-30(23-43-35)50-25-26-16-18-44(19-17-26)37(47)51-39(2,3)4/h9-15,20-23,26H,8,16-19,24-25H2,1-7H3/b15-13+. The smallest absolute Gasteiger partial charge is 0.415 e.